The summed E-state index contributed by atoms with van der Waals surface area (Å²) in [5, 5.41) is 2.47. The summed E-state index contributed by atoms with van der Waals surface area (Å²) in [5.41, 5.74) is 7.05. The number of para-hydroxylation sites is 2. The fraction of sp³-hybridized carbons (Fsp3) is 0.0625. The van der Waals surface area contributed by atoms with E-state index in [1.54, 1.807) is 0 Å². The largest absolute Gasteiger partial charge is 0.320 e. The SMILES string of the molecule is Cn1ccnc1-n1c2ccccc2c2ccc(Cc3cccc(-c4nccn4-c4ccccc4)c3)cc21. The molecule has 0 aliphatic rings. The Labute approximate surface area is 214 Å². The highest BCUT2D eigenvalue weighted by atomic mass is 15.2. The number of aromatic nitrogens is 5. The first-order valence-electron chi connectivity index (χ1n) is 12.4. The molecular formula is C32H25N5. The molecule has 5 nitrogen and oxygen atoms in total. The third-order valence-corrected chi connectivity index (χ3v) is 7.00. The lowest BCUT2D eigenvalue weighted by atomic mass is 10.0. The summed E-state index contributed by atoms with van der Waals surface area (Å²) in [6.45, 7) is 0. The van der Waals surface area contributed by atoms with Gasteiger partial charge >= 0.3 is 0 Å². The van der Waals surface area contributed by atoms with E-state index in [9.17, 15) is 0 Å². The second kappa shape index (κ2) is 8.64. The summed E-state index contributed by atoms with van der Waals surface area (Å²) in [7, 11) is 2.04. The van der Waals surface area contributed by atoms with Crippen molar-refractivity contribution in [3.05, 3.63) is 133 Å². The van der Waals surface area contributed by atoms with Crippen molar-refractivity contribution in [3.8, 4) is 23.0 Å². The maximum atomic E-state index is 4.67. The molecule has 3 aromatic heterocycles. The second-order valence-corrected chi connectivity index (χ2v) is 9.38. The Morgan fingerprint density at radius 1 is 0.649 bits per heavy atom. The van der Waals surface area contributed by atoms with Gasteiger partial charge in [-0.15, -0.1) is 0 Å². The first-order chi connectivity index (χ1) is 18.3. The molecule has 0 saturated heterocycles. The summed E-state index contributed by atoms with van der Waals surface area (Å²) in [5.74, 6) is 1.86. The highest BCUT2D eigenvalue weighted by Crippen LogP contribution is 2.32. The van der Waals surface area contributed by atoms with E-state index in [-0.39, 0.29) is 0 Å². The lowest BCUT2D eigenvalue weighted by molar-refractivity contribution is 0.846. The standard InChI is InChI=1S/C32H25N5/c1-35-18-16-34-32(35)37-29-13-6-5-12-27(29)28-15-14-24(22-30(28)37)20-23-8-7-9-25(21-23)31-33-17-19-36(31)26-10-3-2-4-11-26/h2-19,21-22H,20H2,1H3. The maximum Gasteiger partial charge on any atom is 0.214 e. The van der Waals surface area contributed by atoms with E-state index >= 15 is 0 Å². The monoisotopic (exact) mass is 479 g/mol. The molecule has 0 saturated carbocycles. The summed E-state index contributed by atoms with van der Waals surface area (Å²) in [6.07, 6.45) is 8.55. The molecule has 7 rings (SSSR count). The topological polar surface area (TPSA) is 40.6 Å². The van der Waals surface area contributed by atoms with Crippen molar-refractivity contribution in [2.24, 2.45) is 7.05 Å². The van der Waals surface area contributed by atoms with Crippen LogP contribution in [0.15, 0.2) is 122 Å². The Balaban J connectivity index is 1.30. The predicted octanol–water partition coefficient (Wildman–Crippen LogP) is 6.96. The van der Waals surface area contributed by atoms with Crippen LogP contribution in [0.4, 0.5) is 0 Å². The molecule has 0 fully saturated rings. The average Bonchev–Trinajstić information content (AvgIpc) is 3.66. The molecule has 0 aliphatic carbocycles. The van der Waals surface area contributed by atoms with Crippen LogP contribution in [0.5, 0.6) is 0 Å². The normalized spacial score (nSPS) is 11.5. The van der Waals surface area contributed by atoms with Crippen LogP contribution >= 0.6 is 0 Å². The molecule has 0 atom stereocenters. The van der Waals surface area contributed by atoms with Gasteiger partial charge in [-0.2, -0.15) is 0 Å². The fourth-order valence-corrected chi connectivity index (χ4v) is 5.28. The van der Waals surface area contributed by atoms with Gasteiger partial charge < -0.3 is 4.57 Å². The van der Waals surface area contributed by atoms with Gasteiger partial charge in [0.25, 0.3) is 0 Å². The van der Waals surface area contributed by atoms with Crippen LogP contribution in [0.1, 0.15) is 11.1 Å². The van der Waals surface area contributed by atoms with Gasteiger partial charge in [-0.1, -0.05) is 66.7 Å². The van der Waals surface area contributed by atoms with E-state index in [0.717, 1.165) is 29.4 Å². The number of rotatable bonds is 5. The first-order valence-corrected chi connectivity index (χ1v) is 12.4. The lowest BCUT2D eigenvalue weighted by Crippen LogP contribution is -2.02. The van der Waals surface area contributed by atoms with E-state index in [0.29, 0.717) is 0 Å². The smallest absolute Gasteiger partial charge is 0.214 e. The molecule has 0 radical (unpaired) electrons. The number of aryl methyl sites for hydroxylation is 1. The van der Waals surface area contributed by atoms with E-state index in [2.05, 4.69) is 115 Å². The van der Waals surface area contributed by atoms with E-state index in [1.807, 2.05) is 37.9 Å². The zero-order valence-corrected chi connectivity index (χ0v) is 20.5. The minimum atomic E-state index is 0.831. The van der Waals surface area contributed by atoms with E-state index in [4.69, 9.17) is 0 Å². The van der Waals surface area contributed by atoms with Crippen molar-refractivity contribution in [1.82, 2.24) is 23.7 Å². The molecule has 0 unspecified atom stereocenters. The molecule has 178 valence electrons. The van der Waals surface area contributed by atoms with Crippen molar-refractivity contribution in [2.75, 3.05) is 0 Å². The van der Waals surface area contributed by atoms with Gasteiger partial charge in [0, 0.05) is 53.9 Å². The van der Waals surface area contributed by atoms with Crippen LogP contribution in [0, 0.1) is 0 Å². The number of nitrogens with zero attached hydrogens (tertiary/aromatic N) is 5. The van der Waals surface area contributed by atoms with Gasteiger partial charge in [0.05, 0.1) is 11.0 Å². The molecule has 7 aromatic rings. The van der Waals surface area contributed by atoms with Crippen molar-refractivity contribution in [1.29, 1.82) is 0 Å². The van der Waals surface area contributed by atoms with Crippen molar-refractivity contribution >= 4 is 21.8 Å². The van der Waals surface area contributed by atoms with E-state index < -0.39 is 0 Å². The zero-order valence-electron chi connectivity index (χ0n) is 20.5. The molecule has 0 aliphatic heterocycles. The lowest BCUT2D eigenvalue weighted by Gasteiger charge is -2.10. The van der Waals surface area contributed by atoms with Crippen LogP contribution in [-0.4, -0.2) is 23.7 Å². The highest BCUT2D eigenvalue weighted by molar-refractivity contribution is 6.09. The zero-order chi connectivity index (χ0) is 24.8. The summed E-state index contributed by atoms with van der Waals surface area (Å²) >= 11 is 0. The predicted molar refractivity (Wildman–Crippen MR) is 149 cm³/mol. The van der Waals surface area contributed by atoms with Gasteiger partial charge in [-0.05, 0) is 47.9 Å². The second-order valence-electron chi connectivity index (χ2n) is 9.38. The van der Waals surface area contributed by atoms with Crippen molar-refractivity contribution < 1.29 is 0 Å². The molecular weight excluding hydrogens is 454 g/mol. The van der Waals surface area contributed by atoms with Crippen LogP contribution in [-0.2, 0) is 13.5 Å². The molecule has 0 N–H and O–H groups in total. The Bertz CT molecular complexity index is 1870. The molecule has 3 heterocycles. The molecule has 4 aromatic carbocycles. The summed E-state index contributed by atoms with van der Waals surface area (Å²) in [6, 6.07) is 34.4. The molecule has 0 amide bonds. The number of imidazole rings is 2. The molecule has 0 bridgehead atoms. The van der Waals surface area contributed by atoms with E-state index in [1.165, 1.54) is 32.9 Å². The molecule has 0 spiro atoms. The van der Waals surface area contributed by atoms with Crippen molar-refractivity contribution in [3.63, 3.8) is 0 Å². The quantitative estimate of drug-likeness (QED) is 0.268. The third kappa shape index (κ3) is 3.64. The number of hydrogen-bond donors (Lipinski definition) is 0. The van der Waals surface area contributed by atoms with Gasteiger partial charge in [0.2, 0.25) is 5.95 Å². The Kier molecular flexibility index (Phi) is 5.00. The Morgan fingerprint density at radius 2 is 1.43 bits per heavy atom. The molecule has 37 heavy (non-hydrogen) atoms. The third-order valence-electron chi connectivity index (χ3n) is 7.00. The minimum absolute atomic E-state index is 0.831. The molecule has 5 heteroatoms. The number of benzene rings is 4. The Morgan fingerprint density at radius 3 is 2.30 bits per heavy atom. The fourth-order valence-electron chi connectivity index (χ4n) is 5.28. The number of fused-ring (bicyclic) bond motifs is 3. The van der Waals surface area contributed by atoms with Gasteiger partial charge in [-0.25, -0.2) is 9.97 Å². The Hall–Kier alpha value is -4.90. The van der Waals surface area contributed by atoms with Crippen LogP contribution in [0.3, 0.4) is 0 Å². The van der Waals surface area contributed by atoms with Gasteiger partial charge in [0.15, 0.2) is 0 Å². The van der Waals surface area contributed by atoms with Crippen LogP contribution in [0.2, 0.25) is 0 Å². The van der Waals surface area contributed by atoms with Gasteiger partial charge in [0.1, 0.15) is 5.82 Å². The van der Waals surface area contributed by atoms with Crippen LogP contribution in [0.25, 0.3) is 44.8 Å². The van der Waals surface area contributed by atoms with Gasteiger partial charge in [-0.3, -0.25) is 9.13 Å². The van der Waals surface area contributed by atoms with Crippen LogP contribution < -0.4 is 0 Å². The highest BCUT2D eigenvalue weighted by Gasteiger charge is 2.15. The summed E-state index contributed by atoms with van der Waals surface area (Å²) < 4.78 is 6.47. The first kappa shape index (κ1) is 21.4. The van der Waals surface area contributed by atoms with Crippen molar-refractivity contribution in [2.45, 2.75) is 6.42 Å². The minimum Gasteiger partial charge on any atom is -0.320 e. The average molecular weight is 480 g/mol. The summed E-state index contributed by atoms with van der Waals surface area (Å²) in [4.78, 5) is 9.34. The number of hydrogen-bond acceptors (Lipinski definition) is 2. The maximum absolute atomic E-state index is 4.67.